The Labute approximate surface area is 119 Å². The van der Waals surface area contributed by atoms with Gasteiger partial charge >= 0.3 is 0 Å². The molecule has 2 bridgehead atoms. The van der Waals surface area contributed by atoms with Crippen LogP contribution in [0.5, 0.6) is 0 Å². The molecule has 5 nitrogen and oxygen atoms in total. The van der Waals surface area contributed by atoms with Gasteiger partial charge in [-0.3, -0.25) is 4.79 Å². The SMILES string of the molecule is CN(C)C(=O)c1ccc(N)cc1N1CC2CCC(C1)O2. The third-order valence-electron chi connectivity index (χ3n) is 4.04. The summed E-state index contributed by atoms with van der Waals surface area (Å²) in [6.07, 6.45) is 2.80. The van der Waals surface area contributed by atoms with Crippen LogP contribution in [0, 0.1) is 0 Å². The lowest BCUT2D eigenvalue weighted by Gasteiger charge is -2.35. The maximum Gasteiger partial charge on any atom is 0.255 e. The van der Waals surface area contributed by atoms with Crippen LogP contribution in [0.25, 0.3) is 0 Å². The number of amides is 1. The summed E-state index contributed by atoms with van der Waals surface area (Å²) in [5.41, 5.74) is 8.25. The average Bonchev–Trinajstić information content (AvgIpc) is 2.76. The molecular formula is C15H21N3O2. The van der Waals surface area contributed by atoms with Crippen molar-refractivity contribution in [3.63, 3.8) is 0 Å². The van der Waals surface area contributed by atoms with Crippen molar-refractivity contribution in [1.29, 1.82) is 0 Å². The predicted molar refractivity (Wildman–Crippen MR) is 79.0 cm³/mol. The van der Waals surface area contributed by atoms with Gasteiger partial charge in [0.15, 0.2) is 0 Å². The third kappa shape index (κ3) is 2.33. The summed E-state index contributed by atoms with van der Waals surface area (Å²) in [5, 5.41) is 0. The molecule has 2 fully saturated rings. The number of nitrogens with zero attached hydrogens (tertiary/aromatic N) is 2. The number of benzene rings is 1. The Morgan fingerprint density at radius 1 is 1.30 bits per heavy atom. The molecular weight excluding hydrogens is 254 g/mol. The van der Waals surface area contributed by atoms with Crippen LogP contribution in [0.1, 0.15) is 23.2 Å². The molecule has 2 atom stereocenters. The summed E-state index contributed by atoms with van der Waals surface area (Å²) in [6.45, 7) is 1.68. The number of nitrogen functional groups attached to an aromatic ring is 1. The van der Waals surface area contributed by atoms with Crippen molar-refractivity contribution < 1.29 is 9.53 Å². The Bertz CT molecular complexity index is 518. The number of hydrogen-bond acceptors (Lipinski definition) is 4. The topological polar surface area (TPSA) is 58.8 Å². The molecule has 2 N–H and O–H groups in total. The van der Waals surface area contributed by atoms with Crippen molar-refractivity contribution in [1.82, 2.24) is 4.90 Å². The van der Waals surface area contributed by atoms with Crippen molar-refractivity contribution >= 4 is 17.3 Å². The number of rotatable bonds is 2. The van der Waals surface area contributed by atoms with Gasteiger partial charge in [-0.1, -0.05) is 0 Å². The maximum absolute atomic E-state index is 12.3. The minimum absolute atomic E-state index is 0.0128. The summed E-state index contributed by atoms with van der Waals surface area (Å²) >= 11 is 0. The van der Waals surface area contributed by atoms with Crippen LogP contribution in [0.2, 0.25) is 0 Å². The van der Waals surface area contributed by atoms with E-state index in [-0.39, 0.29) is 18.1 Å². The Morgan fingerprint density at radius 2 is 1.95 bits per heavy atom. The zero-order valence-corrected chi connectivity index (χ0v) is 12.0. The number of hydrogen-bond donors (Lipinski definition) is 1. The van der Waals surface area contributed by atoms with Crippen LogP contribution in [0.3, 0.4) is 0 Å². The van der Waals surface area contributed by atoms with Crippen molar-refractivity contribution in [2.24, 2.45) is 0 Å². The minimum atomic E-state index is 0.0128. The standard InChI is InChI=1S/C15H21N3O2/c1-17(2)15(19)13-6-3-10(16)7-14(13)18-8-11-4-5-12(9-18)20-11/h3,6-7,11-12H,4-5,8-9,16H2,1-2H3. The summed E-state index contributed by atoms with van der Waals surface area (Å²) in [4.78, 5) is 16.2. The van der Waals surface area contributed by atoms with Crippen LogP contribution < -0.4 is 10.6 Å². The second kappa shape index (κ2) is 4.98. The first-order valence-electron chi connectivity index (χ1n) is 7.06. The summed E-state index contributed by atoms with van der Waals surface area (Å²) in [5.74, 6) is 0.0128. The zero-order valence-electron chi connectivity index (χ0n) is 12.0. The smallest absolute Gasteiger partial charge is 0.255 e. The average molecular weight is 275 g/mol. The number of carbonyl (C=O) groups is 1. The molecule has 2 aliphatic heterocycles. The highest BCUT2D eigenvalue weighted by molar-refractivity contribution is 6.00. The van der Waals surface area contributed by atoms with E-state index < -0.39 is 0 Å². The van der Waals surface area contributed by atoms with E-state index in [4.69, 9.17) is 10.5 Å². The van der Waals surface area contributed by atoms with Crippen molar-refractivity contribution in [2.45, 2.75) is 25.0 Å². The van der Waals surface area contributed by atoms with Gasteiger partial charge in [-0.2, -0.15) is 0 Å². The van der Waals surface area contributed by atoms with Gasteiger partial charge in [0.2, 0.25) is 0 Å². The van der Waals surface area contributed by atoms with Gasteiger partial charge in [0.25, 0.3) is 5.91 Å². The zero-order chi connectivity index (χ0) is 14.3. The third-order valence-corrected chi connectivity index (χ3v) is 4.04. The van der Waals surface area contributed by atoms with E-state index >= 15 is 0 Å². The normalized spacial score (nSPS) is 24.8. The highest BCUT2D eigenvalue weighted by Crippen LogP contribution is 2.32. The summed E-state index contributed by atoms with van der Waals surface area (Å²) in [6, 6.07) is 5.52. The number of morpholine rings is 1. The highest BCUT2D eigenvalue weighted by atomic mass is 16.5. The number of ether oxygens (including phenoxy) is 1. The number of carbonyl (C=O) groups excluding carboxylic acids is 1. The molecule has 1 aromatic carbocycles. The Balaban J connectivity index is 1.95. The lowest BCUT2D eigenvalue weighted by Crippen LogP contribution is -2.43. The first-order chi connectivity index (χ1) is 9.54. The van der Waals surface area contributed by atoms with Crippen LogP contribution in [-0.4, -0.2) is 50.2 Å². The van der Waals surface area contributed by atoms with Gasteiger partial charge in [-0.15, -0.1) is 0 Å². The van der Waals surface area contributed by atoms with Gasteiger partial charge in [0.05, 0.1) is 23.5 Å². The van der Waals surface area contributed by atoms with Crippen LogP contribution in [0.15, 0.2) is 18.2 Å². The second-order valence-corrected chi connectivity index (χ2v) is 5.84. The fraction of sp³-hybridized carbons (Fsp3) is 0.533. The second-order valence-electron chi connectivity index (χ2n) is 5.84. The van der Waals surface area contributed by atoms with Crippen LogP contribution in [-0.2, 0) is 4.74 Å². The van der Waals surface area contributed by atoms with E-state index in [1.54, 1.807) is 25.1 Å². The minimum Gasteiger partial charge on any atom is -0.399 e. The molecule has 0 radical (unpaired) electrons. The first-order valence-corrected chi connectivity index (χ1v) is 7.06. The molecule has 3 rings (SSSR count). The number of nitrogens with two attached hydrogens (primary N) is 1. The summed E-state index contributed by atoms with van der Waals surface area (Å²) in [7, 11) is 3.54. The molecule has 2 heterocycles. The van der Waals surface area contributed by atoms with Crippen LogP contribution in [0.4, 0.5) is 11.4 Å². The van der Waals surface area contributed by atoms with E-state index in [1.807, 2.05) is 12.1 Å². The van der Waals surface area contributed by atoms with E-state index in [0.29, 0.717) is 11.3 Å². The first kappa shape index (κ1) is 13.2. The molecule has 0 spiro atoms. The van der Waals surface area contributed by atoms with E-state index in [9.17, 15) is 4.79 Å². The maximum atomic E-state index is 12.3. The molecule has 0 aliphatic carbocycles. The van der Waals surface area contributed by atoms with E-state index in [2.05, 4.69) is 4.90 Å². The molecule has 2 aliphatic rings. The monoisotopic (exact) mass is 275 g/mol. The van der Waals surface area contributed by atoms with Gasteiger partial charge < -0.3 is 20.3 Å². The molecule has 0 saturated carbocycles. The quantitative estimate of drug-likeness (QED) is 0.827. The number of fused-ring (bicyclic) bond motifs is 2. The Hall–Kier alpha value is -1.75. The summed E-state index contributed by atoms with van der Waals surface area (Å²) < 4.78 is 5.86. The van der Waals surface area contributed by atoms with Gasteiger partial charge in [0, 0.05) is 32.9 Å². The molecule has 108 valence electrons. The van der Waals surface area contributed by atoms with Gasteiger partial charge in [-0.25, -0.2) is 0 Å². The lowest BCUT2D eigenvalue weighted by molar-refractivity contribution is 0.0304. The highest BCUT2D eigenvalue weighted by Gasteiger charge is 2.35. The molecule has 0 aromatic heterocycles. The van der Waals surface area contributed by atoms with Crippen molar-refractivity contribution in [2.75, 3.05) is 37.8 Å². The van der Waals surface area contributed by atoms with Crippen molar-refractivity contribution in [3.8, 4) is 0 Å². The molecule has 5 heteroatoms. The van der Waals surface area contributed by atoms with Crippen molar-refractivity contribution in [3.05, 3.63) is 23.8 Å². The molecule has 20 heavy (non-hydrogen) atoms. The van der Waals surface area contributed by atoms with Gasteiger partial charge in [-0.05, 0) is 31.0 Å². The molecule has 1 aromatic rings. The fourth-order valence-corrected chi connectivity index (χ4v) is 3.04. The molecule has 2 saturated heterocycles. The fourth-order valence-electron chi connectivity index (χ4n) is 3.04. The largest absolute Gasteiger partial charge is 0.399 e. The van der Waals surface area contributed by atoms with Gasteiger partial charge in [0.1, 0.15) is 0 Å². The lowest BCUT2D eigenvalue weighted by atomic mass is 10.1. The molecule has 1 amide bonds. The van der Waals surface area contributed by atoms with Crippen LogP contribution >= 0.6 is 0 Å². The Kier molecular flexibility index (Phi) is 3.30. The van der Waals surface area contributed by atoms with E-state index in [1.165, 1.54) is 0 Å². The molecule has 2 unspecified atom stereocenters. The van der Waals surface area contributed by atoms with E-state index in [0.717, 1.165) is 31.6 Å². The Morgan fingerprint density at radius 3 is 2.55 bits per heavy atom. The number of anilines is 2. The predicted octanol–water partition coefficient (Wildman–Crippen LogP) is 1.34.